The minimum Gasteiger partial charge on any atom is -0.378 e. The summed E-state index contributed by atoms with van der Waals surface area (Å²) in [6.07, 6.45) is 2.45. The largest absolute Gasteiger partial charge is 0.378 e. The van der Waals surface area contributed by atoms with Crippen molar-refractivity contribution >= 4 is 17.9 Å². The van der Waals surface area contributed by atoms with Crippen molar-refractivity contribution in [3.05, 3.63) is 47.5 Å². The van der Waals surface area contributed by atoms with Crippen LogP contribution >= 0.6 is 0 Å². The van der Waals surface area contributed by atoms with Crippen molar-refractivity contribution in [2.24, 2.45) is 5.10 Å². The standard InChI is InChI=1S/C12H9FN8O2/c13-8-4-2-1-3-7(8)5-15-17-12(22)9-6-21(20-16-9)11-10(14)18-23-19-11/h1-6H,(H2,14,18)(H,17,22)/b15-5+. The number of hydrogen-bond acceptors (Lipinski definition) is 8. The Labute approximate surface area is 127 Å². The van der Waals surface area contributed by atoms with Crippen LogP contribution in [0.2, 0.25) is 0 Å². The van der Waals surface area contributed by atoms with Crippen LogP contribution in [0.15, 0.2) is 40.2 Å². The van der Waals surface area contributed by atoms with E-state index >= 15 is 0 Å². The van der Waals surface area contributed by atoms with E-state index in [4.69, 9.17) is 5.73 Å². The Balaban J connectivity index is 1.69. The average Bonchev–Trinajstić information content (AvgIpc) is 3.17. The van der Waals surface area contributed by atoms with Crippen LogP contribution in [0.1, 0.15) is 16.1 Å². The number of nitrogens with one attached hydrogen (secondary N) is 1. The van der Waals surface area contributed by atoms with Gasteiger partial charge in [0.15, 0.2) is 5.69 Å². The number of hydrazone groups is 1. The Bertz CT molecular complexity index is 871. The number of carbonyl (C=O) groups is 1. The molecule has 2 heterocycles. The third-order valence-corrected chi connectivity index (χ3v) is 2.71. The Hall–Kier alpha value is -3.63. The third kappa shape index (κ3) is 3.02. The van der Waals surface area contributed by atoms with E-state index in [1.54, 1.807) is 12.1 Å². The minimum atomic E-state index is -0.640. The number of nitrogens with two attached hydrogens (primary N) is 1. The molecule has 116 valence electrons. The van der Waals surface area contributed by atoms with Crippen LogP contribution in [0.5, 0.6) is 0 Å². The first-order chi connectivity index (χ1) is 11.1. The molecule has 0 radical (unpaired) electrons. The molecule has 0 spiro atoms. The van der Waals surface area contributed by atoms with Crippen LogP contribution in [0.4, 0.5) is 10.2 Å². The molecule has 0 saturated heterocycles. The fraction of sp³-hybridized carbons (Fsp3) is 0. The van der Waals surface area contributed by atoms with Crippen molar-refractivity contribution < 1.29 is 13.8 Å². The predicted molar refractivity (Wildman–Crippen MR) is 75.1 cm³/mol. The molecule has 23 heavy (non-hydrogen) atoms. The summed E-state index contributed by atoms with van der Waals surface area (Å²) in [6.45, 7) is 0. The van der Waals surface area contributed by atoms with Gasteiger partial charge in [0.2, 0.25) is 11.6 Å². The van der Waals surface area contributed by atoms with E-state index in [1.807, 2.05) is 0 Å². The summed E-state index contributed by atoms with van der Waals surface area (Å²) < 4.78 is 18.9. The number of aromatic nitrogens is 5. The molecule has 0 atom stereocenters. The Morgan fingerprint density at radius 3 is 2.96 bits per heavy atom. The highest BCUT2D eigenvalue weighted by Crippen LogP contribution is 2.09. The van der Waals surface area contributed by atoms with Crippen LogP contribution in [0, 0.1) is 5.82 Å². The number of anilines is 1. The predicted octanol–water partition coefficient (Wildman–Crippen LogP) is 0.135. The Kier molecular flexibility index (Phi) is 3.74. The quantitative estimate of drug-likeness (QED) is 0.515. The molecule has 3 aromatic rings. The lowest BCUT2D eigenvalue weighted by Gasteiger charge is -1.96. The maximum Gasteiger partial charge on any atom is 0.293 e. The van der Waals surface area contributed by atoms with Crippen LogP contribution in [-0.4, -0.2) is 37.4 Å². The summed E-state index contributed by atoms with van der Waals surface area (Å²) in [5, 5.41) is 17.9. The van der Waals surface area contributed by atoms with Gasteiger partial charge in [0.05, 0.1) is 12.4 Å². The van der Waals surface area contributed by atoms with Gasteiger partial charge < -0.3 is 5.73 Å². The summed E-state index contributed by atoms with van der Waals surface area (Å²) >= 11 is 0. The number of halogens is 1. The number of benzene rings is 1. The summed E-state index contributed by atoms with van der Waals surface area (Å²) in [6, 6.07) is 5.99. The number of nitrogens with zero attached hydrogens (tertiary/aromatic N) is 6. The number of hydrogen-bond donors (Lipinski definition) is 2. The first-order valence-electron chi connectivity index (χ1n) is 6.24. The zero-order valence-corrected chi connectivity index (χ0v) is 11.4. The highest BCUT2D eigenvalue weighted by Gasteiger charge is 2.15. The Morgan fingerprint density at radius 1 is 1.39 bits per heavy atom. The van der Waals surface area contributed by atoms with Crippen LogP contribution < -0.4 is 11.2 Å². The molecule has 3 rings (SSSR count). The van der Waals surface area contributed by atoms with Crippen LogP contribution in [-0.2, 0) is 0 Å². The molecule has 11 heteroatoms. The van der Waals surface area contributed by atoms with E-state index < -0.39 is 11.7 Å². The van der Waals surface area contributed by atoms with E-state index in [0.717, 1.165) is 4.68 Å². The van der Waals surface area contributed by atoms with Gasteiger partial charge in [0.25, 0.3) is 5.91 Å². The van der Waals surface area contributed by atoms with Crippen molar-refractivity contribution in [2.45, 2.75) is 0 Å². The summed E-state index contributed by atoms with van der Waals surface area (Å²) in [5.41, 5.74) is 7.90. The lowest BCUT2D eigenvalue weighted by atomic mass is 10.2. The van der Waals surface area contributed by atoms with E-state index in [2.05, 4.69) is 35.8 Å². The molecule has 1 aromatic carbocycles. The third-order valence-electron chi connectivity index (χ3n) is 2.71. The molecule has 10 nitrogen and oxygen atoms in total. The normalized spacial score (nSPS) is 11.0. The molecule has 0 bridgehead atoms. The Morgan fingerprint density at radius 2 is 2.22 bits per heavy atom. The van der Waals surface area contributed by atoms with Crippen molar-refractivity contribution in [2.75, 3.05) is 5.73 Å². The lowest BCUT2D eigenvalue weighted by Crippen LogP contribution is -2.18. The van der Waals surface area contributed by atoms with Crippen molar-refractivity contribution in [1.29, 1.82) is 0 Å². The highest BCUT2D eigenvalue weighted by atomic mass is 19.1. The number of carbonyl (C=O) groups excluding carboxylic acids is 1. The number of rotatable bonds is 4. The zero-order valence-electron chi connectivity index (χ0n) is 11.4. The smallest absolute Gasteiger partial charge is 0.293 e. The van der Waals surface area contributed by atoms with Crippen LogP contribution in [0.25, 0.3) is 5.82 Å². The highest BCUT2D eigenvalue weighted by molar-refractivity contribution is 5.92. The summed E-state index contributed by atoms with van der Waals surface area (Å²) in [7, 11) is 0. The number of amides is 1. The minimum absolute atomic E-state index is 0.000526. The molecule has 0 aliphatic carbocycles. The molecular weight excluding hydrogens is 307 g/mol. The number of nitrogen functional groups attached to an aromatic ring is 1. The van der Waals surface area contributed by atoms with Crippen molar-refractivity contribution in [3.8, 4) is 5.82 Å². The first kappa shape index (κ1) is 14.3. The molecule has 0 aliphatic heterocycles. The lowest BCUT2D eigenvalue weighted by molar-refractivity contribution is 0.0950. The molecule has 0 saturated carbocycles. The second kappa shape index (κ2) is 6.01. The molecule has 3 N–H and O–H groups in total. The molecule has 0 fully saturated rings. The second-order valence-electron chi connectivity index (χ2n) is 4.24. The van der Waals surface area contributed by atoms with E-state index in [1.165, 1.54) is 24.5 Å². The van der Waals surface area contributed by atoms with Gasteiger partial charge >= 0.3 is 0 Å². The van der Waals surface area contributed by atoms with Gasteiger partial charge in [-0.05, 0) is 16.4 Å². The maximum absolute atomic E-state index is 13.4. The molecule has 2 aromatic heterocycles. The first-order valence-corrected chi connectivity index (χ1v) is 6.24. The van der Waals surface area contributed by atoms with Gasteiger partial charge in [-0.3, -0.25) is 4.79 Å². The topological polar surface area (TPSA) is 137 Å². The fourth-order valence-corrected chi connectivity index (χ4v) is 1.62. The SMILES string of the molecule is Nc1nonc1-n1cc(C(=O)N/N=C/c2ccccc2F)nn1. The summed E-state index contributed by atoms with van der Waals surface area (Å²) in [5.74, 6) is -0.991. The molecule has 0 unspecified atom stereocenters. The summed E-state index contributed by atoms with van der Waals surface area (Å²) in [4.78, 5) is 11.9. The average molecular weight is 316 g/mol. The molecular formula is C12H9FN8O2. The second-order valence-corrected chi connectivity index (χ2v) is 4.24. The zero-order chi connectivity index (χ0) is 16.2. The van der Waals surface area contributed by atoms with Crippen molar-refractivity contribution in [1.82, 2.24) is 30.7 Å². The van der Waals surface area contributed by atoms with Crippen molar-refractivity contribution in [3.63, 3.8) is 0 Å². The van der Waals surface area contributed by atoms with E-state index in [9.17, 15) is 9.18 Å². The van der Waals surface area contributed by atoms with Gasteiger partial charge in [-0.25, -0.2) is 14.4 Å². The molecule has 0 aliphatic rings. The van der Waals surface area contributed by atoms with Gasteiger partial charge in [-0.2, -0.15) is 9.78 Å². The monoisotopic (exact) mass is 316 g/mol. The van der Waals surface area contributed by atoms with E-state index in [0.29, 0.717) is 0 Å². The van der Waals surface area contributed by atoms with E-state index in [-0.39, 0.29) is 22.9 Å². The maximum atomic E-state index is 13.4. The molecule has 1 amide bonds. The van der Waals surface area contributed by atoms with Gasteiger partial charge in [-0.15, -0.1) is 5.10 Å². The van der Waals surface area contributed by atoms with Gasteiger partial charge in [-0.1, -0.05) is 23.4 Å². The van der Waals surface area contributed by atoms with Gasteiger partial charge in [0.1, 0.15) is 5.82 Å². The van der Waals surface area contributed by atoms with Gasteiger partial charge in [0, 0.05) is 5.56 Å². The van der Waals surface area contributed by atoms with Crippen LogP contribution in [0.3, 0.4) is 0 Å². The fourth-order valence-electron chi connectivity index (χ4n) is 1.62.